The molecule has 3 nitrogen and oxygen atoms in total. The van der Waals surface area contributed by atoms with Gasteiger partial charge in [0.1, 0.15) is 13.8 Å². The number of halogens is 1. The summed E-state index contributed by atoms with van der Waals surface area (Å²) in [6.45, 7) is 12.4. The Bertz CT molecular complexity index is 534. The summed E-state index contributed by atoms with van der Waals surface area (Å²) in [5, 5.41) is 11.0. The molecule has 0 bridgehead atoms. The van der Waals surface area contributed by atoms with Crippen LogP contribution in [0.4, 0.5) is 5.69 Å². The molecule has 0 aliphatic heterocycles. The summed E-state index contributed by atoms with van der Waals surface area (Å²) in [5.74, 6) is 3.19. The second-order valence-electron chi connectivity index (χ2n) is 5.46. The van der Waals surface area contributed by atoms with Gasteiger partial charge in [-0.1, -0.05) is 48.5 Å². The summed E-state index contributed by atoms with van der Waals surface area (Å²) in [5.41, 5.74) is 4.83. The molecule has 1 rings (SSSR count). The van der Waals surface area contributed by atoms with Crippen LogP contribution in [0.2, 0.25) is 24.7 Å². The average molecular weight is 308 g/mol. The van der Waals surface area contributed by atoms with E-state index in [0.717, 1.165) is 24.3 Å². The predicted octanol–water partition coefficient (Wildman–Crippen LogP) is 4.91. The molecule has 1 aromatic carbocycles. The van der Waals surface area contributed by atoms with Crippen LogP contribution < -0.4 is 0 Å². The highest BCUT2D eigenvalue weighted by molar-refractivity contribution is 6.83. The number of benzene rings is 1. The van der Waals surface area contributed by atoms with E-state index in [2.05, 4.69) is 41.4 Å². The third-order valence-electron chi connectivity index (χ3n) is 2.56. The third-order valence-corrected chi connectivity index (χ3v) is 3.75. The highest BCUT2D eigenvalue weighted by atomic mass is 35.5. The summed E-state index contributed by atoms with van der Waals surface area (Å²) in [6, 6.07) is 5.61. The Morgan fingerprint density at radius 2 is 1.85 bits per heavy atom. The van der Waals surface area contributed by atoms with Crippen molar-refractivity contribution >= 4 is 25.4 Å². The smallest absolute Gasteiger partial charge is 0.129 e. The molecule has 5 heteroatoms. The molecular weight excluding hydrogens is 286 g/mol. The van der Waals surface area contributed by atoms with E-state index in [9.17, 15) is 0 Å². The Labute approximate surface area is 128 Å². The lowest BCUT2D eigenvalue weighted by atomic mass is 10.2. The van der Waals surface area contributed by atoms with Gasteiger partial charge in [-0.25, -0.2) is 0 Å². The van der Waals surface area contributed by atoms with Crippen LogP contribution in [-0.2, 0) is 0 Å². The second kappa shape index (κ2) is 7.46. The summed E-state index contributed by atoms with van der Waals surface area (Å²) >= 11 is 6.24. The van der Waals surface area contributed by atoms with E-state index in [0.29, 0.717) is 5.02 Å². The highest BCUT2D eigenvalue weighted by Crippen LogP contribution is 2.26. The van der Waals surface area contributed by atoms with Gasteiger partial charge < -0.3 is 0 Å². The van der Waals surface area contributed by atoms with Crippen LogP contribution in [0.25, 0.3) is 0 Å². The van der Waals surface area contributed by atoms with Gasteiger partial charge in [0, 0.05) is 13.1 Å². The van der Waals surface area contributed by atoms with E-state index in [-0.39, 0.29) is 0 Å². The van der Waals surface area contributed by atoms with Crippen LogP contribution in [0.3, 0.4) is 0 Å². The number of nitrogens with zero attached hydrogens (tertiary/aromatic N) is 3. The first-order valence-corrected chi connectivity index (χ1v) is 10.7. The second-order valence-corrected chi connectivity index (χ2v) is 10.6. The first kappa shape index (κ1) is 16.7. The summed E-state index contributed by atoms with van der Waals surface area (Å²) in [7, 11) is -1.45. The number of rotatable bonds is 4. The Morgan fingerprint density at radius 1 is 1.20 bits per heavy atom. The SMILES string of the molecule is CCN(CC)N=Nc1cccc(Cl)c1C#C[Si](C)(C)C. The molecule has 0 N–H and O–H groups in total. The largest absolute Gasteiger partial charge is 0.279 e. The van der Waals surface area contributed by atoms with Gasteiger partial charge in [0.2, 0.25) is 0 Å². The maximum Gasteiger partial charge on any atom is 0.129 e. The maximum absolute atomic E-state index is 6.24. The fourth-order valence-electron chi connectivity index (χ4n) is 1.43. The summed E-state index contributed by atoms with van der Waals surface area (Å²) < 4.78 is 0. The zero-order valence-corrected chi connectivity index (χ0v) is 14.6. The van der Waals surface area contributed by atoms with Crippen molar-refractivity contribution in [3.63, 3.8) is 0 Å². The minimum absolute atomic E-state index is 0.631. The lowest BCUT2D eigenvalue weighted by Crippen LogP contribution is -2.16. The zero-order valence-electron chi connectivity index (χ0n) is 12.9. The predicted molar refractivity (Wildman–Crippen MR) is 89.1 cm³/mol. The first-order valence-electron chi connectivity index (χ1n) is 6.85. The van der Waals surface area contributed by atoms with Crippen molar-refractivity contribution in [2.45, 2.75) is 33.5 Å². The Kier molecular flexibility index (Phi) is 6.25. The minimum atomic E-state index is -1.45. The van der Waals surface area contributed by atoms with Crippen molar-refractivity contribution in [3.05, 3.63) is 28.8 Å². The molecule has 0 atom stereocenters. The maximum atomic E-state index is 6.24. The van der Waals surface area contributed by atoms with Crippen molar-refractivity contribution in [1.82, 2.24) is 5.01 Å². The third kappa shape index (κ3) is 5.36. The molecule has 0 spiro atoms. The van der Waals surface area contributed by atoms with Gasteiger partial charge in [0.15, 0.2) is 0 Å². The molecule has 0 radical (unpaired) electrons. The molecule has 0 unspecified atom stereocenters. The van der Waals surface area contributed by atoms with E-state index >= 15 is 0 Å². The van der Waals surface area contributed by atoms with E-state index in [1.807, 2.05) is 37.1 Å². The van der Waals surface area contributed by atoms with Crippen molar-refractivity contribution in [3.8, 4) is 11.5 Å². The van der Waals surface area contributed by atoms with Gasteiger partial charge >= 0.3 is 0 Å². The first-order chi connectivity index (χ1) is 9.37. The average Bonchev–Trinajstić information content (AvgIpc) is 2.37. The van der Waals surface area contributed by atoms with Crippen LogP contribution >= 0.6 is 11.6 Å². The van der Waals surface area contributed by atoms with E-state index in [1.54, 1.807) is 0 Å². The van der Waals surface area contributed by atoms with Crippen molar-refractivity contribution in [1.29, 1.82) is 0 Å². The fraction of sp³-hybridized carbons (Fsp3) is 0.467. The van der Waals surface area contributed by atoms with Crippen molar-refractivity contribution in [2.75, 3.05) is 13.1 Å². The minimum Gasteiger partial charge on any atom is -0.279 e. The monoisotopic (exact) mass is 307 g/mol. The molecule has 0 heterocycles. The molecule has 0 saturated carbocycles. The van der Waals surface area contributed by atoms with Gasteiger partial charge in [0.25, 0.3) is 0 Å². The van der Waals surface area contributed by atoms with Gasteiger partial charge in [-0.05, 0) is 26.0 Å². The molecule has 0 aliphatic rings. The lowest BCUT2D eigenvalue weighted by Gasteiger charge is -2.11. The van der Waals surface area contributed by atoms with Crippen LogP contribution in [0, 0.1) is 11.5 Å². The van der Waals surface area contributed by atoms with Gasteiger partial charge in [-0.2, -0.15) is 0 Å². The summed E-state index contributed by atoms with van der Waals surface area (Å²) in [4.78, 5) is 0. The Morgan fingerprint density at radius 3 is 2.40 bits per heavy atom. The molecular formula is C15H22ClN3Si. The van der Waals surface area contributed by atoms with Crippen LogP contribution in [0.15, 0.2) is 28.5 Å². The van der Waals surface area contributed by atoms with Gasteiger partial charge in [-0.3, -0.25) is 5.01 Å². The standard InChI is InChI=1S/C15H22ClN3Si/c1-6-19(7-2)18-17-15-10-8-9-14(16)13(15)11-12-20(3,4)5/h8-10H,6-7H2,1-5H3. The number of hydrogen-bond acceptors (Lipinski definition) is 2. The van der Waals surface area contributed by atoms with Crippen LogP contribution in [0.5, 0.6) is 0 Å². The molecule has 0 aliphatic carbocycles. The Balaban J connectivity index is 3.14. The van der Waals surface area contributed by atoms with Crippen molar-refractivity contribution in [2.24, 2.45) is 10.3 Å². The fourth-order valence-corrected chi connectivity index (χ4v) is 2.15. The van der Waals surface area contributed by atoms with E-state index in [1.165, 1.54) is 0 Å². The Hall–Kier alpha value is -1.31. The number of hydrogen-bond donors (Lipinski definition) is 0. The molecule has 1 aromatic rings. The highest BCUT2D eigenvalue weighted by Gasteiger charge is 2.09. The normalized spacial score (nSPS) is 11.3. The quantitative estimate of drug-likeness (QED) is 0.336. The van der Waals surface area contributed by atoms with Crippen LogP contribution in [0.1, 0.15) is 19.4 Å². The lowest BCUT2D eigenvalue weighted by molar-refractivity contribution is 0.300. The van der Waals surface area contributed by atoms with E-state index < -0.39 is 8.07 Å². The zero-order chi connectivity index (χ0) is 15.2. The van der Waals surface area contributed by atoms with Gasteiger partial charge in [0.05, 0.1) is 10.6 Å². The molecule has 0 amide bonds. The molecule has 0 fully saturated rings. The van der Waals surface area contributed by atoms with Crippen molar-refractivity contribution < 1.29 is 0 Å². The summed E-state index contributed by atoms with van der Waals surface area (Å²) in [6.07, 6.45) is 0. The topological polar surface area (TPSA) is 28.0 Å². The van der Waals surface area contributed by atoms with E-state index in [4.69, 9.17) is 11.6 Å². The molecule has 20 heavy (non-hydrogen) atoms. The van der Waals surface area contributed by atoms with Gasteiger partial charge in [-0.15, -0.1) is 10.7 Å². The molecule has 0 saturated heterocycles. The molecule has 0 aromatic heterocycles. The van der Waals surface area contributed by atoms with Crippen LogP contribution in [-0.4, -0.2) is 26.2 Å². The molecule has 108 valence electrons.